The van der Waals surface area contributed by atoms with Crippen molar-refractivity contribution < 1.29 is 0 Å². The van der Waals surface area contributed by atoms with Gasteiger partial charge in [0.1, 0.15) is 0 Å². The van der Waals surface area contributed by atoms with Crippen LogP contribution in [0.2, 0.25) is 0 Å². The minimum atomic E-state index is 0.106. The molecule has 0 spiro atoms. The van der Waals surface area contributed by atoms with Crippen LogP contribution in [0.25, 0.3) is 0 Å². The number of hydrogen-bond acceptors (Lipinski definition) is 3. The standard InChI is InChI=1S/C14H20N4/c1-11-8-9-18(16-11)14(10-15)12-4-6-13(7-5-12)17(2)3/h4-9,14H,10,15H2,1-3H3. The Morgan fingerprint density at radius 2 is 1.89 bits per heavy atom. The quantitative estimate of drug-likeness (QED) is 0.892. The highest BCUT2D eigenvalue weighted by molar-refractivity contribution is 5.46. The van der Waals surface area contributed by atoms with Gasteiger partial charge in [-0.05, 0) is 30.7 Å². The number of aromatic nitrogens is 2. The third kappa shape index (κ3) is 2.54. The summed E-state index contributed by atoms with van der Waals surface area (Å²) in [4.78, 5) is 2.08. The predicted octanol–water partition coefficient (Wildman–Crippen LogP) is 1.81. The van der Waals surface area contributed by atoms with Crippen LogP contribution in [-0.4, -0.2) is 30.4 Å². The summed E-state index contributed by atoms with van der Waals surface area (Å²) in [6.07, 6.45) is 1.98. The molecule has 2 rings (SSSR count). The lowest BCUT2D eigenvalue weighted by Crippen LogP contribution is -2.21. The third-order valence-electron chi connectivity index (χ3n) is 3.08. The first-order valence-electron chi connectivity index (χ1n) is 6.11. The van der Waals surface area contributed by atoms with Gasteiger partial charge in [-0.1, -0.05) is 12.1 Å². The summed E-state index contributed by atoms with van der Waals surface area (Å²) in [5, 5.41) is 4.44. The fraction of sp³-hybridized carbons (Fsp3) is 0.357. The Hall–Kier alpha value is -1.81. The molecule has 1 aromatic heterocycles. The minimum Gasteiger partial charge on any atom is -0.378 e. The summed E-state index contributed by atoms with van der Waals surface area (Å²) in [6.45, 7) is 2.53. The second kappa shape index (κ2) is 5.23. The highest BCUT2D eigenvalue weighted by Crippen LogP contribution is 2.20. The van der Waals surface area contributed by atoms with Crippen molar-refractivity contribution in [2.45, 2.75) is 13.0 Å². The van der Waals surface area contributed by atoms with Gasteiger partial charge in [0.05, 0.1) is 11.7 Å². The van der Waals surface area contributed by atoms with Gasteiger partial charge in [0.25, 0.3) is 0 Å². The molecule has 0 aliphatic rings. The van der Waals surface area contributed by atoms with Crippen LogP contribution in [0.5, 0.6) is 0 Å². The largest absolute Gasteiger partial charge is 0.378 e. The number of anilines is 1. The van der Waals surface area contributed by atoms with Gasteiger partial charge in [-0.25, -0.2) is 0 Å². The molecule has 0 radical (unpaired) electrons. The maximum absolute atomic E-state index is 5.87. The van der Waals surface area contributed by atoms with Crippen LogP contribution >= 0.6 is 0 Å². The van der Waals surface area contributed by atoms with Crippen LogP contribution < -0.4 is 10.6 Å². The monoisotopic (exact) mass is 244 g/mol. The molecule has 0 fully saturated rings. The van der Waals surface area contributed by atoms with Crippen molar-refractivity contribution in [3.05, 3.63) is 47.8 Å². The van der Waals surface area contributed by atoms with Gasteiger partial charge in [-0.15, -0.1) is 0 Å². The van der Waals surface area contributed by atoms with Crippen LogP contribution in [-0.2, 0) is 0 Å². The van der Waals surface area contributed by atoms with E-state index in [9.17, 15) is 0 Å². The molecule has 1 unspecified atom stereocenters. The van der Waals surface area contributed by atoms with Crippen molar-refractivity contribution in [2.75, 3.05) is 25.5 Å². The van der Waals surface area contributed by atoms with Gasteiger partial charge >= 0.3 is 0 Å². The Balaban J connectivity index is 2.28. The van der Waals surface area contributed by atoms with Gasteiger partial charge in [0.2, 0.25) is 0 Å². The molecule has 0 aliphatic heterocycles. The molecule has 4 nitrogen and oxygen atoms in total. The van der Waals surface area contributed by atoms with Crippen LogP contribution in [0.1, 0.15) is 17.3 Å². The number of nitrogens with two attached hydrogens (primary N) is 1. The lowest BCUT2D eigenvalue weighted by Gasteiger charge is -2.18. The van der Waals surface area contributed by atoms with Crippen molar-refractivity contribution in [1.29, 1.82) is 0 Å². The van der Waals surface area contributed by atoms with Gasteiger partial charge in [-0.3, -0.25) is 4.68 Å². The molecule has 0 saturated carbocycles. The Kier molecular flexibility index (Phi) is 3.67. The molecular formula is C14H20N4. The van der Waals surface area contributed by atoms with Crippen LogP contribution in [0, 0.1) is 6.92 Å². The zero-order valence-electron chi connectivity index (χ0n) is 11.2. The summed E-state index contributed by atoms with van der Waals surface area (Å²) in [6, 6.07) is 10.5. The summed E-state index contributed by atoms with van der Waals surface area (Å²) >= 11 is 0. The van der Waals surface area contributed by atoms with E-state index in [0.717, 1.165) is 5.69 Å². The third-order valence-corrected chi connectivity index (χ3v) is 3.08. The average Bonchev–Trinajstić information content (AvgIpc) is 2.77. The molecule has 4 heteroatoms. The summed E-state index contributed by atoms with van der Waals surface area (Å²) in [5.41, 5.74) is 9.26. The summed E-state index contributed by atoms with van der Waals surface area (Å²) < 4.78 is 1.93. The molecular weight excluding hydrogens is 224 g/mol. The van der Waals surface area contributed by atoms with Crippen LogP contribution in [0.15, 0.2) is 36.5 Å². The molecule has 0 amide bonds. The lowest BCUT2D eigenvalue weighted by atomic mass is 10.1. The fourth-order valence-electron chi connectivity index (χ4n) is 2.00. The molecule has 1 aromatic carbocycles. The zero-order valence-corrected chi connectivity index (χ0v) is 11.2. The van der Waals surface area contributed by atoms with Gasteiger partial charge in [0, 0.05) is 32.5 Å². The average molecular weight is 244 g/mol. The fourth-order valence-corrected chi connectivity index (χ4v) is 2.00. The predicted molar refractivity (Wildman–Crippen MR) is 74.9 cm³/mol. The first-order chi connectivity index (χ1) is 8.61. The Morgan fingerprint density at radius 3 is 2.33 bits per heavy atom. The van der Waals surface area contributed by atoms with Crippen molar-refractivity contribution in [1.82, 2.24) is 9.78 Å². The van der Waals surface area contributed by atoms with E-state index in [1.165, 1.54) is 11.3 Å². The van der Waals surface area contributed by atoms with Gasteiger partial charge in [0.15, 0.2) is 0 Å². The number of rotatable bonds is 4. The normalized spacial score (nSPS) is 12.4. The molecule has 2 N–H and O–H groups in total. The van der Waals surface area contributed by atoms with Crippen molar-refractivity contribution in [3.63, 3.8) is 0 Å². The van der Waals surface area contributed by atoms with E-state index in [1.807, 2.05) is 38.0 Å². The second-order valence-corrected chi connectivity index (χ2v) is 4.67. The van der Waals surface area contributed by atoms with E-state index in [1.54, 1.807) is 0 Å². The maximum atomic E-state index is 5.87. The Labute approximate surface area is 108 Å². The van der Waals surface area contributed by atoms with Crippen molar-refractivity contribution in [3.8, 4) is 0 Å². The topological polar surface area (TPSA) is 47.1 Å². The van der Waals surface area contributed by atoms with Gasteiger partial charge < -0.3 is 10.6 Å². The van der Waals surface area contributed by atoms with Crippen molar-refractivity contribution in [2.24, 2.45) is 5.73 Å². The van der Waals surface area contributed by atoms with E-state index in [2.05, 4.69) is 34.3 Å². The number of aryl methyl sites for hydroxylation is 1. The summed E-state index contributed by atoms with van der Waals surface area (Å²) in [7, 11) is 4.07. The highest BCUT2D eigenvalue weighted by Gasteiger charge is 2.12. The lowest BCUT2D eigenvalue weighted by molar-refractivity contribution is 0.529. The van der Waals surface area contributed by atoms with E-state index in [0.29, 0.717) is 6.54 Å². The Bertz CT molecular complexity index is 499. The van der Waals surface area contributed by atoms with E-state index >= 15 is 0 Å². The second-order valence-electron chi connectivity index (χ2n) is 4.67. The highest BCUT2D eigenvalue weighted by atomic mass is 15.3. The molecule has 0 aliphatic carbocycles. The Morgan fingerprint density at radius 1 is 1.22 bits per heavy atom. The van der Waals surface area contributed by atoms with E-state index < -0.39 is 0 Å². The molecule has 1 heterocycles. The number of nitrogens with zero attached hydrogens (tertiary/aromatic N) is 3. The van der Waals surface area contributed by atoms with E-state index in [-0.39, 0.29) is 6.04 Å². The van der Waals surface area contributed by atoms with Crippen LogP contribution in [0.4, 0.5) is 5.69 Å². The molecule has 96 valence electrons. The molecule has 0 bridgehead atoms. The van der Waals surface area contributed by atoms with Crippen LogP contribution in [0.3, 0.4) is 0 Å². The molecule has 18 heavy (non-hydrogen) atoms. The zero-order chi connectivity index (χ0) is 13.1. The molecule has 1 atom stereocenters. The molecule has 0 saturated heterocycles. The molecule has 2 aromatic rings. The van der Waals surface area contributed by atoms with Gasteiger partial charge in [-0.2, -0.15) is 5.10 Å². The number of benzene rings is 1. The first-order valence-corrected chi connectivity index (χ1v) is 6.11. The first kappa shape index (κ1) is 12.6. The smallest absolute Gasteiger partial charge is 0.0890 e. The SMILES string of the molecule is Cc1ccn(C(CN)c2ccc(N(C)C)cc2)n1. The van der Waals surface area contributed by atoms with E-state index in [4.69, 9.17) is 5.73 Å². The summed E-state index contributed by atoms with van der Waals surface area (Å²) in [5.74, 6) is 0. The minimum absolute atomic E-state index is 0.106. The van der Waals surface area contributed by atoms with Crippen molar-refractivity contribution >= 4 is 5.69 Å². The number of hydrogen-bond donors (Lipinski definition) is 1. The maximum Gasteiger partial charge on any atom is 0.0890 e.